The number of hydrogen-bond donors (Lipinski definition) is 0. The van der Waals surface area contributed by atoms with Gasteiger partial charge in [0.2, 0.25) is 5.91 Å². The van der Waals surface area contributed by atoms with E-state index in [0.29, 0.717) is 5.91 Å². The molecular weight excluding hydrogens is 234 g/mol. The summed E-state index contributed by atoms with van der Waals surface area (Å²) in [4.78, 5) is 14.4. The van der Waals surface area contributed by atoms with E-state index in [1.165, 1.54) is 30.4 Å². The van der Waals surface area contributed by atoms with E-state index in [0.717, 1.165) is 25.8 Å². The maximum absolute atomic E-state index is 12.5. The Bertz CT molecular complexity index is 427. The summed E-state index contributed by atoms with van der Waals surface area (Å²) in [7, 11) is 1.94. The van der Waals surface area contributed by atoms with Crippen LogP contribution < -0.4 is 0 Å². The smallest absolute Gasteiger partial charge is 0.229 e. The normalized spacial score (nSPS) is 19.2. The lowest BCUT2D eigenvalue weighted by Gasteiger charge is -2.21. The molecule has 2 rings (SSSR count). The van der Waals surface area contributed by atoms with Gasteiger partial charge in [0, 0.05) is 13.6 Å². The molecule has 1 heterocycles. The molecule has 0 radical (unpaired) electrons. The lowest BCUT2D eigenvalue weighted by molar-refractivity contribution is -0.131. The molecule has 1 aromatic carbocycles. The number of benzene rings is 1. The molecule has 1 aliphatic heterocycles. The number of fused-ring (bicyclic) bond motifs is 1. The van der Waals surface area contributed by atoms with Crippen molar-refractivity contribution >= 4 is 5.91 Å². The molecule has 0 N–H and O–H groups in total. The first-order chi connectivity index (χ1) is 9.24. The topological polar surface area (TPSA) is 20.3 Å². The minimum absolute atomic E-state index is 0.0838. The van der Waals surface area contributed by atoms with Crippen molar-refractivity contribution in [3.8, 4) is 0 Å². The van der Waals surface area contributed by atoms with Gasteiger partial charge in [-0.05, 0) is 24.0 Å². The van der Waals surface area contributed by atoms with Crippen molar-refractivity contribution in [2.75, 3.05) is 13.6 Å². The largest absolute Gasteiger partial charge is 0.345 e. The van der Waals surface area contributed by atoms with Crippen molar-refractivity contribution in [2.45, 2.75) is 51.4 Å². The second kappa shape index (κ2) is 6.74. The van der Waals surface area contributed by atoms with Gasteiger partial charge < -0.3 is 4.90 Å². The molecule has 0 fully saturated rings. The molecule has 0 aromatic heterocycles. The monoisotopic (exact) mass is 259 g/mol. The Morgan fingerprint density at radius 3 is 2.79 bits per heavy atom. The van der Waals surface area contributed by atoms with Gasteiger partial charge in [-0.1, -0.05) is 56.9 Å². The lowest BCUT2D eigenvalue weighted by Crippen LogP contribution is -2.30. The van der Waals surface area contributed by atoms with Crippen LogP contribution in [0.3, 0.4) is 0 Å². The van der Waals surface area contributed by atoms with E-state index in [9.17, 15) is 4.79 Å². The van der Waals surface area contributed by atoms with E-state index in [-0.39, 0.29) is 5.92 Å². The fraction of sp³-hybridized carbons (Fsp3) is 0.588. The van der Waals surface area contributed by atoms with E-state index in [4.69, 9.17) is 0 Å². The molecule has 0 saturated carbocycles. The fourth-order valence-corrected chi connectivity index (χ4v) is 2.95. The number of carbonyl (C=O) groups excluding carboxylic acids is 1. The molecule has 104 valence electrons. The maximum Gasteiger partial charge on any atom is 0.229 e. The molecular formula is C17H25NO. The van der Waals surface area contributed by atoms with Gasteiger partial charge in [0.05, 0.1) is 5.92 Å². The summed E-state index contributed by atoms with van der Waals surface area (Å²) in [5, 5.41) is 0. The van der Waals surface area contributed by atoms with Crippen LogP contribution >= 0.6 is 0 Å². The Balaban J connectivity index is 2.14. The van der Waals surface area contributed by atoms with Gasteiger partial charge in [-0.2, -0.15) is 0 Å². The van der Waals surface area contributed by atoms with Gasteiger partial charge in [0.25, 0.3) is 0 Å². The number of hydrogen-bond acceptors (Lipinski definition) is 1. The second-order valence-corrected chi connectivity index (χ2v) is 5.61. The van der Waals surface area contributed by atoms with Crippen molar-refractivity contribution in [3.63, 3.8) is 0 Å². The number of rotatable bonds is 5. The summed E-state index contributed by atoms with van der Waals surface area (Å²) >= 11 is 0. The third kappa shape index (κ3) is 3.37. The zero-order valence-electron chi connectivity index (χ0n) is 12.2. The van der Waals surface area contributed by atoms with E-state index in [1.54, 1.807) is 0 Å². The minimum atomic E-state index is 0.0838. The molecule has 1 amide bonds. The van der Waals surface area contributed by atoms with Crippen molar-refractivity contribution in [3.05, 3.63) is 35.4 Å². The number of nitrogens with zero attached hydrogens (tertiary/aromatic N) is 1. The molecule has 2 heteroatoms. The molecule has 1 unspecified atom stereocenters. The summed E-state index contributed by atoms with van der Waals surface area (Å²) in [6, 6.07) is 8.48. The SMILES string of the molecule is CCCCCCC1C(=O)N(C)CCc2ccccc21. The molecule has 0 bridgehead atoms. The third-order valence-corrected chi connectivity index (χ3v) is 4.17. The molecule has 1 atom stereocenters. The fourth-order valence-electron chi connectivity index (χ4n) is 2.95. The molecule has 0 aliphatic carbocycles. The van der Waals surface area contributed by atoms with Crippen molar-refractivity contribution in [1.29, 1.82) is 0 Å². The van der Waals surface area contributed by atoms with Crippen LogP contribution in [0.2, 0.25) is 0 Å². The Hall–Kier alpha value is -1.31. The highest BCUT2D eigenvalue weighted by atomic mass is 16.2. The van der Waals surface area contributed by atoms with Crippen LogP contribution in [0.25, 0.3) is 0 Å². The number of amides is 1. The predicted octanol–water partition coefficient (Wildman–Crippen LogP) is 3.76. The maximum atomic E-state index is 12.5. The summed E-state index contributed by atoms with van der Waals surface area (Å²) in [5.74, 6) is 0.391. The standard InChI is InChI=1S/C17H25NO/c1-3-4-5-6-11-16-15-10-8-7-9-14(15)12-13-18(2)17(16)19/h7-10,16H,3-6,11-13H2,1-2H3. The van der Waals surface area contributed by atoms with Gasteiger partial charge in [-0.15, -0.1) is 0 Å². The summed E-state index contributed by atoms with van der Waals surface area (Å²) in [5.41, 5.74) is 2.63. The summed E-state index contributed by atoms with van der Waals surface area (Å²) in [6.07, 6.45) is 6.91. The molecule has 0 spiro atoms. The highest BCUT2D eigenvalue weighted by Gasteiger charge is 2.28. The average Bonchev–Trinajstić information content (AvgIpc) is 2.55. The van der Waals surface area contributed by atoms with Gasteiger partial charge in [-0.3, -0.25) is 4.79 Å². The van der Waals surface area contributed by atoms with Crippen LogP contribution in [0.4, 0.5) is 0 Å². The van der Waals surface area contributed by atoms with E-state index >= 15 is 0 Å². The molecule has 1 aliphatic rings. The Morgan fingerprint density at radius 1 is 1.21 bits per heavy atom. The van der Waals surface area contributed by atoms with Crippen molar-refractivity contribution in [2.24, 2.45) is 0 Å². The minimum Gasteiger partial charge on any atom is -0.345 e. The molecule has 19 heavy (non-hydrogen) atoms. The van der Waals surface area contributed by atoms with Crippen LogP contribution in [-0.2, 0) is 11.2 Å². The van der Waals surface area contributed by atoms with Crippen LogP contribution in [0.5, 0.6) is 0 Å². The van der Waals surface area contributed by atoms with Crippen LogP contribution in [0.1, 0.15) is 56.1 Å². The van der Waals surface area contributed by atoms with E-state index in [2.05, 4.69) is 31.2 Å². The number of likely N-dealkylation sites (N-methyl/N-ethyl adjacent to an activating group) is 1. The van der Waals surface area contributed by atoms with Crippen LogP contribution in [-0.4, -0.2) is 24.4 Å². The number of unbranched alkanes of at least 4 members (excludes halogenated alkanes) is 3. The lowest BCUT2D eigenvalue weighted by atomic mass is 9.89. The third-order valence-electron chi connectivity index (χ3n) is 4.17. The van der Waals surface area contributed by atoms with Crippen molar-refractivity contribution < 1.29 is 4.79 Å². The van der Waals surface area contributed by atoms with Gasteiger partial charge in [0.1, 0.15) is 0 Å². The van der Waals surface area contributed by atoms with Crippen molar-refractivity contribution in [1.82, 2.24) is 4.90 Å². The Morgan fingerprint density at radius 2 is 2.00 bits per heavy atom. The quantitative estimate of drug-likeness (QED) is 0.737. The Kier molecular flexibility index (Phi) is 5.00. The van der Waals surface area contributed by atoms with E-state index < -0.39 is 0 Å². The highest BCUT2D eigenvalue weighted by molar-refractivity contribution is 5.84. The molecule has 1 aromatic rings. The molecule has 0 saturated heterocycles. The highest BCUT2D eigenvalue weighted by Crippen LogP contribution is 2.30. The second-order valence-electron chi connectivity index (χ2n) is 5.61. The zero-order chi connectivity index (χ0) is 13.7. The van der Waals surface area contributed by atoms with Crippen LogP contribution in [0.15, 0.2) is 24.3 Å². The Labute approximate surface area is 116 Å². The summed E-state index contributed by atoms with van der Waals surface area (Å²) < 4.78 is 0. The number of carbonyl (C=O) groups is 1. The first-order valence-electron chi connectivity index (χ1n) is 7.56. The first kappa shape index (κ1) is 14.1. The first-order valence-corrected chi connectivity index (χ1v) is 7.56. The van der Waals surface area contributed by atoms with Gasteiger partial charge >= 0.3 is 0 Å². The van der Waals surface area contributed by atoms with Gasteiger partial charge in [-0.25, -0.2) is 0 Å². The molecule has 2 nitrogen and oxygen atoms in total. The summed E-state index contributed by atoms with van der Waals surface area (Å²) in [6.45, 7) is 3.07. The zero-order valence-corrected chi connectivity index (χ0v) is 12.2. The average molecular weight is 259 g/mol. The van der Waals surface area contributed by atoms with Crippen LogP contribution in [0, 0.1) is 0 Å². The predicted molar refractivity (Wildman–Crippen MR) is 79.3 cm³/mol. The van der Waals surface area contributed by atoms with E-state index in [1.807, 2.05) is 11.9 Å². The van der Waals surface area contributed by atoms with Gasteiger partial charge in [0.15, 0.2) is 0 Å².